The Morgan fingerprint density at radius 3 is 2.09 bits per heavy atom. The molecule has 13 heteroatoms. The van der Waals surface area contributed by atoms with Gasteiger partial charge in [-0.3, -0.25) is 4.21 Å². The monoisotopic (exact) mass is 516 g/mol. The molecule has 0 aliphatic heterocycles. The predicted octanol–water partition coefficient (Wildman–Crippen LogP) is 5.96. The van der Waals surface area contributed by atoms with E-state index in [1.807, 2.05) is 0 Å². The Morgan fingerprint density at radius 2 is 1.51 bits per heavy atom. The molecule has 4 aromatic rings. The summed E-state index contributed by atoms with van der Waals surface area (Å²) in [6.07, 6.45) is -10.0. The van der Waals surface area contributed by atoms with Gasteiger partial charge in [0.25, 0.3) is 0 Å². The smallest absolute Gasteiger partial charge is 0.418 e. The summed E-state index contributed by atoms with van der Waals surface area (Å²) in [5.41, 5.74) is -2.63. The molecule has 5 nitrogen and oxygen atoms in total. The molecule has 1 aromatic heterocycles. The number of aromatic nitrogens is 2. The standard InChI is InChI=1S/C22H14F7N3O2S/c23-17-7-13(5-6-14(17)10-30-35(33)34)11-1-3-12(4-2-11)20-31-18-9-15(21(24,25)26)8-16(19(18)32-20)22(27,28)29/h1-9,30H,10H2,(H,31,32)(H,33,34)/p-1. The van der Waals surface area contributed by atoms with E-state index in [-0.39, 0.29) is 24.0 Å². The molecule has 2 N–H and O–H groups in total. The first-order valence-electron chi connectivity index (χ1n) is 9.73. The van der Waals surface area contributed by atoms with E-state index in [4.69, 9.17) is 0 Å². The van der Waals surface area contributed by atoms with Crippen LogP contribution in [-0.4, -0.2) is 18.7 Å². The average Bonchev–Trinajstić information content (AvgIpc) is 3.20. The largest absolute Gasteiger partial charge is 0.760 e. The molecule has 0 radical (unpaired) electrons. The number of hydrogen-bond acceptors (Lipinski definition) is 3. The molecule has 0 amide bonds. The minimum Gasteiger partial charge on any atom is -0.760 e. The Bertz CT molecular complexity index is 1410. The van der Waals surface area contributed by atoms with Crippen LogP contribution in [0, 0.1) is 5.82 Å². The van der Waals surface area contributed by atoms with Crippen LogP contribution in [0.5, 0.6) is 0 Å². The summed E-state index contributed by atoms with van der Waals surface area (Å²) in [6.45, 7) is -0.233. The number of H-pyrrole nitrogens is 1. The summed E-state index contributed by atoms with van der Waals surface area (Å²) in [4.78, 5) is 6.38. The lowest BCUT2D eigenvalue weighted by Gasteiger charge is -2.11. The van der Waals surface area contributed by atoms with Crippen molar-refractivity contribution in [2.75, 3.05) is 0 Å². The van der Waals surface area contributed by atoms with E-state index in [9.17, 15) is 39.5 Å². The van der Waals surface area contributed by atoms with Gasteiger partial charge in [0, 0.05) is 28.9 Å². The molecule has 1 heterocycles. The quantitative estimate of drug-likeness (QED) is 0.254. The number of halogens is 7. The number of nitrogens with one attached hydrogen (secondary N) is 2. The molecule has 0 saturated carbocycles. The molecule has 0 aliphatic rings. The second kappa shape index (κ2) is 9.06. The highest BCUT2D eigenvalue weighted by molar-refractivity contribution is 7.77. The molecular weight excluding hydrogens is 503 g/mol. The van der Waals surface area contributed by atoms with Crippen LogP contribution in [0.1, 0.15) is 16.7 Å². The van der Waals surface area contributed by atoms with Crippen LogP contribution < -0.4 is 4.72 Å². The van der Waals surface area contributed by atoms with Crippen molar-refractivity contribution in [2.45, 2.75) is 18.9 Å². The van der Waals surface area contributed by atoms with Crippen molar-refractivity contribution in [3.63, 3.8) is 0 Å². The van der Waals surface area contributed by atoms with E-state index in [1.54, 1.807) is 6.07 Å². The normalized spacial score (nSPS) is 13.4. The number of aromatic amines is 1. The van der Waals surface area contributed by atoms with E-state index in [2.05, 4.69) is 14.7 Å². The van der Waals surface area contributed by atoms with Gasteiger partial charge in [0.05, 0.1) is 16.6 Å². The zero-order chi connectivity index (χ0) is 25.5. The first-order valence-corrected chi connectivity index (χ1v) is 10.8. The third kappa shape index (κ3) is 5.36. The minimum atomic E-state index is -5.05. The molecular formula is C22H13F7N3O2S-. The summed E-state index contributed by atoms with van der Waals surface area (Å²) in [7, 11) is 0. The van der Waals surface area contributed by atoms with Crippen molar-refractivity contribution in [3.05, 3.63) is 77.1 Å². The van der Waals surface area contributed by atoms with E-state index >= 15 is 0 Å². The van der Waals surface area contributed by atoms with Crippen molar-refractivity contribution >= 4 is 22.3 Å². The van der Waals surface area contributed by atoms with Crippen molar-refractivity contribution in [1.82, 2.24) is 14.7 Å². The maximum atomic E-state index is 14.3. The van der Waals surface area contributed by atoms with Gasteiger partial charge in [-0.15, -0.1) is 0 Å². The van der Waals surface area contributed by atoms with Crippen molar-refractivity contribution in [1.29, 1.82) is 0 Å². The van der Waals surface area contributed by atoms with Crippen LogP contribution in [0.2, 0.25) is 0 Å². The number of nitrogens with zero attached hydrogens (tertiary/aromatic N) is 1. The van der Waals surface area contributed by atoms with Gasteiger partial charge in [-0.2, -0.15) is 26.3 Å². The summed E-state index contributed by atoms with van der Waals surface area (Å²) in [5.74, 6) is -0.725. The van der Waals surface area contributed by atoms with Gasteiger partial charge < -0.3 is 9.54 Å². The number of benzene rings is 3. The van der Waals surface area contributed by atoms with Gasteiger partial charge in [0.15, 0.2) is 0 Å². The summed E-state index contributed by atoms with van der Waals surface area (Å²) >= 11 is -2.55. The van der Waals surface area contributed by atoms with Gasteiger partial charge in [-0.05, 0) is 29.3 Å². The van der Waals surface area contributed by atoms with Crippen LogP contribution in [0.4, 0.5) is 30.7 Å². The fourth-order valence-corrected chi connectivity index (χ4v) is 3.73. The summed E-state index contributed by atoms with van der Waals surface area (Å²) in [6, 6.07) is 10.7. The number of hydrogen-bond donors (Lipinski definition) is 2. The van der Waals surface area contributed by atoms with E-state index in [0.717, 1.165) is 0 Å². The topological polar surface area (TPSA) is 80.8 Å². The first kappa shape index (κ1) is 24.8. The summed E-state index contributed by atoms with van der Waals surface area (Å²) in [5, 5.41) is 0. The fraction of sp³-hybridized carbons (Fsp3) is 0.136. The molecule has 4 rings (SSSR count). The Hall–Kier alpha value is -3.29. The Morgan fingerprint density at radius 1 is 0.886 bits per heavy atom. The Labute approximate surface area is 195 Å². The fourth-order valence-electron chi connectivity index (χ4n) is 3.46. The van der Waals surface area contributed by atoms with Crippen LogP contribution >= 0.6 is 0 Å². The number of imidazole rings is 1. The van der Waals surface area contributed by atoms with Gasteiger partial charge in [-0.1, -0.05) is 36.4 Å². The van der Waals surface area contributed by atoms with Crippen LogP contribution in [-0.2, 0) is 30.2 Å². The van der Waals surface area contributed by atoms with Gasteiger partial charge in [-0.25, -0.2) is 14.1 Å². The highest BCUT2D eigenvalue weighted by Gasteiger charge is 2.39. The van der Waals surface area contributed by atoms with E-state index in [1.165, 1.54) is 36.4 Å². The predicted molar refractivity (Wildman–Crippen MR) is 113 cm³/mol. The van der Waals surface area contributed by atoms with Crippen molar-refractivity contribution < 1.29 is 39.5 Å². The molecule has 3 aromatic carbocycles. The zero-order valence-corrected chi connectivity index (χ0v) is 18.0. The van der Waals surface area contributed by atoms with Crippen LogP contribution in [0.15, 0.2) is 54.6 Å². The van der Waals surface area contributed by atoms with Gasteiger partial charge >= 0.3 is 12.4 Å². The van der Waals surface area contributed by atoms with Crippen molar-refractivity contribution in [2.24, 2.45) is 0 Å². The van der Waals surface area contributed by atoms with Crippen LogP contribution in [0.3, 0.4) is 0 Å². The van der Waals surface area contributed by atoms with Crippen molar-refractivity contribution in [3.8, 4) is 22.5 Å². The highest BCUT2D eigenvalue weighted by Crippen LogP contribution is 2.40. The third-order valence-corrected chi connectivity index (χ3v) is 5.52. The summed E-state index contributed by atoms with van der Waals surface area (Å²) < 4.78 is 117. The zero-order valence-electron chi connectivity index (χ0n) is 17.2. The first-order chi connectivity index (χ1) is 16.3. The highest BCUT2D eigenvalue weighted by atomic mass is 32.2. The average molecular weight is 516 g/mol. The molecule has 0 bridgehead atoms. The van der Waals surface area contributed by atoms with Gasteiger partial charge in [0.2, 0.25) is 0 Å². The van der Waals surface area contributed by atoms with E-state index < -0.39 is 51.6 Å². The number of alkyl halides is 6. The molecule has 0 saturated heterocycles. The van der Waals surface area contributed by atoms with Crippen LogP contribution in [0.25, 0.3) is 33.5 Å². The second-order valence-corrected chi connectivity index (χ2v) is 8.20. The maximum absolute atomic E-state index is 14.3. The lowest BCUT2D eigenvalue weighted by molar-refractivity contribution is -0.142. The molecule has 184 valence electrons. The third-order valence-electron chi connectivity index (χ3n) is 5.14. The molecule has 1 unspecified atom stereocenters. The van der Waals surface area contributed by atoms with Gasteiger partial charge in [0.1, 0.15) is 17.2 Å². The second-order valence-electron chi connectivity index (χ2n) is 7.44. The van der Waals surface area contributed by atoms with E-state index in [0.29, 0.717) is 22.8 Å². The minimum absolute atomic E-state index is 0.0263. The molecule has 0 spiro atoms. The molecule has 0 aliphatic carbocycles. The Kier molecular flexibility index (Phi) is 6.42. The Balaban J connectivity index is 1.68. The molecule has 1 atom stereocenters. The number of rotatable bonds is 5. The molecule has 0 fully saturated rings. The molecule has 35 heavy (non-hydrogen) atoms. The lowest BCUT2D eigenvalue weighted by Crippen LogP contribution is -2.16. The maximum Gasteiger partial charge on any atom is 0.418 e. The SMILES string of the molecule is O=S([O-])NCc1ccc(-c2ccc(-c3nc4c(C(F)(F)F)cc(C(F)(F)F)cc4[nH]3)cc2)cc1F. The lowest BCUT2D eigenvalue weighted by atomic mass is 10.0. The number of fused-ring (bicyclic) bond motifs is 1.